The third kappa shape index (κ3) is 7.87. The highest BCUT2D eigenvalue weighted by molar-refractivity contribution is 5.83. The lowest BCUT2D eigenvalue weighted by molar-refractivity contribution is -0.135. The molecule has 0 amide bonds. The molecule has 2 bridgehead atoms. The van der Waals surface area contributed by atoms with Crippen molar-refractivity contribution in [1.82, 2.24) is 0 Å². The third-order valence-corrected chi connectivity index (χ3v) is 13.2. The Morgan fingerprint density at radius 3 is 2.45 bits per heavy atom. The Kier molecular flexibility index (Phi) is 11.4. The van der Waals surface area contributed by atoms with Crippen molar-refractivity contribution in [2.45, 2.75) is 82.8 Å². The number of aromatic hydroxyl groups is 4. The van der Waals surface area contributed by atoms with Crippen molar-refractivity contribution in [1.29, 1.82) is 0 Å². The topological polar surface area (TPSA) is 175 Å². The summed E-state index contributed by atoms with van der Waals surface area (Å²) in [6, 6.07) is 23.8. The standard InChI is InChI=1S/C48H52N2O8/c1-2-34-17-30(24-50-34)16-31-21-37(39(52)13-11-28-12-14-40(53)42(19-28)58-26-49)46(55)45-36(31)22-33-20-32(15-27-7-4-3-5-8-27)43(45)38-23-41(54)47(56)48(44(33)38)57-25-29-9-6-10-35(51)18-29/h3-10,12,14,17-19,23-24,31-33,36-37,43,45-46,55H,2,11,13,15-16,20-22,25-26,49H2,1H3,(H3-,51,53,54,56)/p+1/t31-,32+,33-,36-,37+,43-,45-,46+/m1/s1. The van der Waals surface area contributed by atoms with Gasteiger partial charge in [-0.15, -0.1) is 4.99 Å². The van der Waals surface area contributed by atoms with Crippen molar-refractivity contribution in [3.8, 4) is 34.5 Å². The first-order chi connectivity index (χ1) is 28.1. The van der Waals surface area contributed by atoms with Crippen LogP contribution >= 0.6 is 0 Å². The van der Waals surface area contributed by atoms with E-state index in [-0.39, 0.29) is 95.5 Å². The van der Waals surface area contributed by atoms with Gasteiger partial charge in [-0.25, -0.2) is 0 Å². The second kappa shape index (κ2) is 16.8. The Morgan fingerprint density at radius 2 is 1.69 bits per heavy atom. The fourth-order valence-electron chi connectivity index (χ4n) is 10.7. The zero-order valence-electron chi connectivity index (χ0n) is 32.8. The third-order valence-electron chi connectivity index (χ3n) is 13.2. The molecule has 302 valence electrons. The van der Waals surface area contributed by atoms with Crippen molar-refractivity contribution in [3.63, 3.8) is 0 Å². The van der Waals surface area contributed by atoms with E-state index in [4.69, 9.17) is 15.2 Å². The molecule has 8 atom stereocenters. The molecule has 7 N–H and O–H groups in total. The number of carbonyl (C=O) groups excluding carboxylic acids is 1. The van der Waals surface area contributed by atoms with Gasteiger partial charge in [0.25, 0.3) is 0 Å². The fourth-order valence-corrected chi connectivity index (χ4v) is 10.7. The van der Waals surface area contributed by atoms with Crippen LogP contribution in [0.1, 0.15) is 85.1 Å². The van der Waals surface area contributed by atoms with E-state index in [0.717, 1.165) is 60.4 Å². The molecule has 0 spiro atoms. The molecular weight excluding hydrogens is 733 g/mol. The molecule has 10 heteroatoms. The molecule has 0 radical (unpaired) electrons. The lowest BCUT2D eigenvalue weighted by Gasteiger charge is -2.48. The summed E-state index contributed by atoms with van der Waals surface area (Å²) in [4.78, 5) is 19.2. The highest BCUT2D eigenvalue weighted by Crippen LogP contribution is 2.64. The van der Waals surface area contributed by atoms with Crippen LogP contribution in [0.3, 0.4) is 0 Å². The smallest absolute Gasteiger partial charge is 0.200 e. The number of hydrogen-bond acceptors (Lipinski definition) is 10. The molecule has 0 aromatic heterocycles. The van der Waals surface area contributed by atoms with Crippen LogP contribution in [-0.4, -0.2) is 50.4 Å². The van der Waals surface area contributed by atoms with E-state index in [1.54, 1.807) is 42.5 Å². The predicted molar refractivity (Wildman–Crippen MR) is 221 cm³/mol. The molecule has 1 aliphatic heterocycles. The molecule has 10 nitrogen and oxygen atoms in total. The van der Waals surface area contributed by atoms with E-state index in [9.17, 15) is 30.3 Å². The number of allylic oxidation sites excluding steroid dienone is 2. The van der Waals surface area contributed by atoms with Gasteiger partial charge in [0.1, 0.15) is 43.1 Å². The molecule has 9 rings (SSSR count). The second-order valence-electron chi connectivity index (χ2n) is 16.6. The van der Waals surface area contributed by atoms with Crippen LogP contribution in [0, 0.1) is 35.5 Å². The molecule has 5 aliphatic rings. The maximum absolute atomic E-state index is 14.5. The zero-order valence-corrected chi connectivity index (χ0v) is 32.8. The maximum atomic E-state index is 14.5. The maximum Gasteiger partial charge on any atom is 0.200 e. The van der Waals surface area contributed by atoms with Gasteiger partial charge in [0.05, 0.1) is 12.5 Å². The number of aliphatic hydroxyl groups excluding tert-OH is 1. The number of phenolic OH excluding ortho intramolecular Hbond substituents is 4. The summed E-state index contributed by atoms with van der Waals surface area (Å²) in [5, 5.41) is 56.0. The van der Waals surface area contributed by atoms with E-state index in [0.29, 0.717) is 18.4 Å². The van der Waals surface area contributed by atoms with E-state index < -0.39 is 12.0 Å². The van der Waals surface area contributed by atoms with Crippen LogP contribution in [0.4, 0.5) is 0 Å². The average molecular weight is 786 g/mol. The molecule has 4 aromatic rings. The summed E-state index contributed by atoms with van der Waals surface area (Å²) in [5.41, 5.74) is 11.0. The van der Waals surface area contributed by atoms with Crippen molar-refractivity contribution in [3.05, 3.63) is 124 Å². The van der Waals surface area contributed by atoms with Gasteiger partial charge < -0.3 is 35.0 Å². The Hall–Kier alpha value is -5.45. The van der Waals surface area contributed by atoms with Gasteiger partial charge >= 0.3 is 0 Å². The highest BCUT2D eigenvalue weighted by atomic mass is 16.5. The molecule has 2 fully saturated rings. The van der Waals surface area contributed by atoms with Gasteiger partial charge in [0.2, 0.25) is 5.75 Å². The molecule has 4 aliphatic carbocycles. The number of hydrogen-bond donors (Lipinski definition) is 6. The Bertz CT molecular complexity index is 2190. The van der Waals surface area contributed by atoms with Gasteiger partial charge in [-0.05, 0) is 127 Å². The first-order valence-electron chi connectivity index (χ1n) is 20.6. The summed E-state index contributed by atoms with van der Waals surface area (Å²) in [5.74, 6) is 0.0160. The van der Waals surface area contributed by atoms with Gasteiger partial charge in [0.15, 0.2) is 28.7 Å². The minimum absolute atomic E-state index is 0.0116. The number of aliphatic imine (C=N–C) groups is 1. The van der Waals surface area contributed by atoms with Gasteiger partial charge in [-0.1, -0.05) is 48.5 Å². The Balaban J connectivity index is 1.19. The molecule has 1 heterocycles. The summed E-state index contributed by atoms with van der Waals surface area (Å²) in [7, 11) is 0. The fraction of sp³-hybridized carbons (Fsp3) is 0.396. The van der Waals surface area contributed by atoms with Crippen LogP contribution < -0.4 is 15.2 Å². The molecule has 0 saturated heterocycles. The number of benzene rings is 4. The van der Waals surface area contributed by atoms with Crippen LogP contribution in [0.2, 0.25) is 0 Å². The SMILES string of the molecule is CCC1=C[C+](C[C@@H]2C[C@@H](C(=O)CCc3ccc(O)c(OCN)c3)[C@H](O)[C@@H]3[C@@H]2C[C@H]2C[C@H](Cc4ccccc4)[C@@H]3c3cc(O)c(O)c(OCc4cccc(O)c4)c32)C=N1. The quantitative estimate of drug-likeness (QED) is 0.0421. The van der Waals surface area contributed by atoms with E-state index in [1.807, 2.05) is 30.5 Å². The molecular formula is C48H53N2O8+. The number of phenols is 4. The van der Waals surface area contributed by atoms with E-state index in [1.165, 1.54) is 5.56 Å². The Morgan fingerprint density at radius 1 is 0.879 bits per heavy atom. The molecule has 4 aromatic carbocycles. The van der Waals surface area contributed by atoms with Gasteiger partial charge in [-0.2, -0.15) is 0 Å². The predicted octanol–water partition coefficient (Wildman–Crippen LogP) is 7.99. The summed E-state index contributed by atoms with van der Waals surface area (Å²) < 4.78 is 11.8. The first-order valence-corrected chi connectivity index (χ1v) is 20.6. The van der Waals surface area contributed by atoms with Crippen LogP contribution in [0.5, 0.6) is 34.5 Å². The monoisotopic (exact) mass is 785 g/mol. The van der Waals surface area contributed by atoms with E-state index in [2.05, 4.69) is 30.1 Å². The van der Waals surface area contributed by atoms with Crippen molar-refractivity contribution in [2.24, 2.45) is 40.3 Å². The number of aryl methyl sites for hydroxylation is 1. The number of nitrogens with zero attached hydrogens (tertiary/aromatic N) is 1. The summed E-state index contributed by atoms with van der Waals surface area (Å²) >= 11 is 0. The second-order valence-corrected chi connectivity index (χ2v) is 16.6. The summed E-state index contributed by atoms with van der Waals surface area (Å²) in [6.07, 6.45) is 8.11. The Labute approximate surface area is 339 Å². The molecule has 0 unspecified atom stereocenters. The number of aliphatic hydroxyl groups is 1. The minimum atomic E-state index is -0.950. The highest BCUT2D eigenvalue weighted by Gasteiger charge is 2.57. The largest absolute Gasteiger partial charge is 0.508 e. The van der Waals surface area contributed by atoms with Crippen LogP contribution in [-0.2, 0) is 24.2 Å². The van der Waals surface area contributed by atoms with Crippen molar-refractivity contribution in [2.75, 3.05) is 6.73 Å². The molecule has 58 heavy (non-hydrogen) atoms. The summed E-state index contributed by atoms with van der Waals surface area (Å²) in [6.45, 7) is 2.07. The van der Waals surface area contributed by atoms with E-state index >= 15 is 0 Å². The number of nitrogens with two attached hydrogens (primary N) is 1. The number of carbonyl (C=O) groups is 1. The van der Waals surface area contributed by atoms with Gasteiger partial charge in [0, 0.05) is 24.3 Å². The van der Waals surface area contributed by atoms with Gasteiger partial charge in [-0.3, -0.25) is 10.5 Å². The lowest BCUT2D eigenvalue weighted by Crippen LogP contribution is -2.49. The first kappa shape index (κ1) is 39.4. The average Bonchev–Trinajstić information content (AvgIpc) is 3.55. The number of ketones is 1. The normalized spacial score (nSPS) is 25.8. The number of fused-ring (bicyclic) bond motifs is 1. The minimum Gasteiger partial charge on any atom is -0.508 e. The van der Waals surface area contributed by atoms with Crippen LogP contribution in [0.25, 0.3) is 0 Å². The number of rotatable bonds is 14. The van der Waals surface area contributed by atoms with Crippen LogP contribution in [0.15, 0.2) is 95.6 Å². The zero-order chi connectivity index (χ0) is 40.5. The lowest BCUT2D eigenvalue weighted by atomic mass is 9.57. The molecule has 2 saturated carbocycles. The van der Waals surface area contributed by atoms with Crippen molar-refractivity contribution < 1.29 is 39.8 Å². The van der Waals surface area contributed by atoms with Crippen molar-refractivity contribution >= 4 is 12.0 Å². The number of Topliss-reactive ketones (excluding diaryl/α,β-unsaturated/α-hetero) is 1. The number of ether oxygens (including phenoxy) is 2.